The molecule has 2 aromatic carbocycles. The maximum atomic E-state index is 13.7. The zero-order chi connectivity index (χ0) is 20.1. The Kier molecular flexibility index (Phi) is 6.65. The number of nitrogens with zero attached hydrogens (tertiary/aromatic N) is 2. The van der Waals surface area contributed by atoms with Crippen LogP contribution in [0.3, 0.4) is 0 Å². The molecule has 3 aromatic rings. The molecule has 28 heavy (non-hydrogen) atoms. The van der Waals surface area contributed by atoms with Gasteiger partial charge in [-0.25, -0.2) is 9.37 Å². The van der Waals surface area contributed by atoms with Crippen LogP contribution in [0.2, 0.25) is 5.02 Å². The Bertz CT molecular complexity index is 973. The van der Waals surface area contributed by atoms with E-state index in [-0.39, 0.29) is 18.3 Å². The fourth-order valence-electron chi connectivity index (χ4n) is 2.70. The van der Waals surface area contributed by atoms with Crippen LogP contribution in [0.5, 0.6) is 5.75 Å². The summed E-state index contributed by atoms with van der Waals surface area (Å²) in [5.41, 5.74) is 1.62. The van der Waals surface area contributed by atoms with Gasteiger partial charge in [-0.05, 0) is 38.1 Å². The topological polar surface area (TPSA) is 42.4 Å². The number of hydrogen-bond donors (Lipinski definition) is 0. The largest absolute Gasteiger partial charge is 0.489 e. The molecule has 1 aromatic heterocycles. The lowest BCUT2D eigenvalue weighted by Gasteiger charge is -2.16. The Morgan fingerprint density at radius 2 is 1.96 bits per heavy atom. The predicted molar refractivity (Wildman–Crippen MR) is 111 cm³/mol. The van der Waals surface area contributed by atoms with Gasteiger partial charge in [-0.15, -0.1) is 11.3 Å². The van der Waals surface area contributed by atoms with Crippen LogP contribution in [0.1, 0.15) is 29.9 Å². The van der Waals surface area contributed by atoms with Crippen LogP contribution < -0.4 is 4.74 Å². The highest BCUT2D eigenvalue weighted by Crippen LogP contribution is 2.33. The normalized spacial score (nSPS) is 10.7. The van der Waals surface area contributed by atoms with Crippen molar-refractivity contribution in [1.29, 1.82) is 0 Å². The number of thiazole rings is 1. The highest BCUT2D eigenvalue weighted by molar-refractivity contribution is 7.13. The van der Waals surface area contributed by atoms with Gasteiger partial charge in [0.05, 0.1) is 5.02 Å². The fraction of sp³-hybridized carbons (Fsp3) is 0.238. The van der Waals surface area contributed by atoms with Crippen molar-refractivity contribution in [2.45, 2.75) is 20.5 Å². The second-order valence-corrected chi connectivity index (χ2v) is 7.30. The summed E-state index contributed by atoms with van der Waals surface area (Å²) in [7, 11) is 0. The minimum atomic E-state index is -0.307. The van der Waals surface area contributed by atoms with Gasteiger partial charge in [0.25, 0.3) is 5.91 Å². The van der Waals surface area contributed by atoms with E-state index in [9.17, 15) is 9.18 Å². The Morgan fingerprint density at radius 3 is 2.64 bits per heavy atom. The second-order valence-electron chi connectivity index (χ2n) is 6.04. The van der Waals surface area contributed by atoms with E-state index >= 15 is 0 Å². The standard InChI is InChI=1S/C21H20ClFN2O2S/c1-3-25(4-2)21(26)19-13-28-20(24-19)16-10-9-15(11-17(16)22)27-12-14-7-5-6-8-18(14)23/h5-11,13H,3-4,12H2,1-2H3. The molecule has 0 bridgehead atoms. The number of benzene rings is 2. The summed E-state index contributed by atoms with van der Waals surface area (Å²) in [5, 5.41) is 2.87. The van der Waals surface area contributed by atoms with Gasteiger partial charge in [0, 0.05) is 29.6 Å². The number of hydrogen-bond acceptors (Lipinski definition) is 4. The Balaban J connectivity index is 1.74. The van der Waals surface area contributed by atoms with Crippen LogP contribution in [-0.2, 0) is 6.61 Å². The maximum absolute atomic E-state index is 13.7. The molecule has 1 amide bonds. The first-order valence-corrected chi connectivity index (χ1v) is 10.2. The van der Waals surface area contributed by atoms with Crippen LogP contribution in [0.25, 0.3) is 10.6 Å². The molecule has 146 valence electrons. The van der Waals surface area contributed by atoms with Gasteiger partial charge < -0.3 is 9.64 Å². The molecule has 0 N–H and O–H groups in total. The quantitative estimate of drug-likeness (QED) is 0.497. The van der Waals surface area contributed by atoms with Gasteiger partial charge in [0.1, 0.15) is 28.9 Å². The summed E-state index contributed by atoms with van der Waals surface area (Å²) in [6, 6.07) is 11.7. The number of amides is 1. The third-order valence-electron chi connectivity index (χ3n) is 4.30. The molecule has 0 fully saturated rings. The molecule has 0 saturated carbocycles. The average molecular weight is 419 g/mol. The first-order valence-electron chi connectivity index (χ1n) is 8.94. The lowest BCUT2D eigenvalue weighted by molar-refractivity contribution is 0.0768. The molecule has 4 nitrogen and oxygen atoms in total. The third kappa shape index (κ3) is 4.51. The maximum Gasteiger partial charge on any atom is 0.273 e. The molecule has 0 aliphatic rings. The molecule has 0 spiro atoms. The third-order valence-corrected chi connectivity index (χ3v) is 5.49. The molecule has 0 saturated heterocycles. The van der Waals surface area contributed by atoms with Crippen molar-refractivity contribution in [3.8, 4) is 16.3 Å². The minimum absolute atomic E-state index is 0.0894. The number of halogens is 2. The van der Waals surface area contributed by atoms with Crippen molar-refractivity contribution in [3.63, 3.8) is 0 Å². The molecule has 0 unspecified atom stereocenters. The number of ether oxygens (including phenoxy) is 1. The molecule has 0 radical (unpaired) electrons. The lowest BCUT2D eigenvalue weighted by Crippen LogP contribution is -2.30. The van der Waals surface area contributed by atoms with Crippen molar-refractivity contribution in [2.24, 2.45) is 0 Å². The fourth-order valence-corrected chi connectivity index (χ4v) is 3.85. The Morgan fingerprint density at radius 1 is 1.21 bits per heavy atom. The van der Waals surface area contributed by atoms with Gasteiger partial charge >= 0.3 is 0 Å². The number of carbonyl (C=O) groups excluding carboxylic acids is 1. The molecule has 0 aliphatic carbocycles. The zero-order valence-corrected chi connectivity index (χ0v) is 17.2. The van der Waals surface area contributed by atoms with E-state index in [1.807, 2.05) is 13.8 Å². The first-order chi connectivity index (χ1) is 13.5. The Hall–Kier alpha value is -2.44. The highest BCUT2D eigenvalue weighted by Gasteiger charge is 2.18. The number of rotatable bonds is 7. The van der Waals surface area contributed by atoms with Gasteiger partial charge in [0.2, 0.25) is 0 Å². The summed E-state index contributed by atoms with van der Waals surface area (Å²) in [4.78, 5) is 18.6. The number of aromatic nitrogens is 1. The van der Waals surface area contributed by atoms with E-state index in [1.165, 1.54) is 17.4 Å². The van der Waals surface area contributed by atoms with E-state index in [0.29, 0.717) is 40.1 Å². The van der Waals surface area contributed by atoms with Crippen molar-refractivity contribution >= 4 is 28.8 Å². The van der Waals surface area contributed by atoms with Gasteiger partial charge in [0.15, 0.2) is 0 Å². The summed E-state index contributed by atoms with van der Waals surface area (Å²) in [6.45, 7) is 5.26. The van der Waals surface area contributed by atoms with Crippen molar-refractivity contribution in [3.05, 3.63) is 69.9 Å². The molecule has 0 atom stereocenters. The van der Waals surface area contributed by atoms with Crippen LogP contribution >= 0.6 is 22.9 Å². The van der Waals surface area contributed by atoms with E-state index < -0.39 is 0 Å². The highest BCUT2D eigenvalue weighted by atomic mass is 35.5. The van der Waals surface area contributed by atoms with Crippen LogP contribution in [0, 0.1) is 5.82 Å². The van der Waals surface area contributed by atoms with E-state index in [1.54, 1.807) is 46.7 Å². The summed E-state index contributed by atoms with van der Waals surface area (Å²) < 4.78 is 19.3. The van der Waals surface area contributed by atoms with Crippen LogP contribution in [0.4, 0.5) is 4.39 Å². The molecule has 7 heteroatoms. The van der Waals surface area contributed by atoms with E-state index in [2.05, 4.69) is 4.98 Å². The van der Waals surface area contributed by atoms with Gasteiger partial charge in [-0.2, -0.15) is 0 Å². The SMILES string of the molecule is CCN(CC)C(=O)c1csc(-c2ccc(OCc3ccccc3F)cc2Cl)n1. The average Bonchev–Trinajstić information content (AvgIpc) is 3.18. The van der Waals surface area contributed by atoms with Crippen LogP contribution in [0.15, 0.2) is 47.8 Å². The smallest absolute Gasteiger partial charge is 0.273 e. The second kappa shape index (κ2) is 9.17. The molecule has 1 heterocycles. The van der Waals surface area contributed by atoms with E-state index in [0.717, 1.165) is 5.56 Å². The van der Waals surface area contributed by atoms with Crippen LogP contribution in [-0.4, -0.2) is 28.9 Å². The molecule has 3 rings (SSSR count). The number of carbonyl (C=O) groups is 1. The van der Waals surface area contributed by atoms with Gasteiger partial charge in [-0.3, -0.25) is 4.79 Å². The Labute approximate surface area is 172 Å². The minimum Gasteiger partial charge on any atom is -0.489 e. The summed E-state index contributed by atoms with van der Waals surface area (Å²) >= 11 is 7.77. The summed E-state index contributed by atoms with van der Waals surface area (Å²) in [6.07, 6.45) is 0. The van der Waals surface area contributed by atoms with Crippen molar-refractivity contribution in [1.82, 2.24) is 9.88 Å². The summed E-state index contributed by atoms with van der Waals surface area (Å²) in [5.74, 6) is 0.139. The van der Waals surface area contributed by atoms with Crippen molar-refractivity contribution < 1.29 is 13.9 Å². The molecular weight excluding hydrogens is 399 g/mol. The molecule has 0 aliphatic heterocycles. The van der Waals surface area contributed by atoms with Gasteiger partial charge in [-0.1, -0.05) is 29.8 Å². The first kappa shape index (κ1) is 20.3. The van der Waals surface area contributed by atoms with E-state index in [4.69, 9.17) is 16.3 Å². The zero-order valence-electron chi connectivity index (χ0n) is 15.6. The van der Waals surface area contributed by atoms with Crippen molar-refractivity contribution in [2.75, 3.05) is 13.1 Å². The molecular formula is C21H20ClFN2O2S. The predicted octanol–water partition coefficient (Wildman–Crippen LogP) is 5.66. The lowest BCUT2D eigenvalue weighted by atomic mass is 10.2. The monoisotopic (exact) mass is 418 g/mol.